The molecule has 0 aliphatic heterocycles. The lowest BCUT2D eigenvalue weighted by atomic mass is 10.1. The standard InChI is InChI=1S/C12H16BrF2O4P/c1-3-17-20(16,18-4-2)19-11(12(14)15)9-5-7-10(13)8-6-9/h5-8,11-12H,3-4H2,1-2H3/t11-/m0/s1. The van der Waals surface area contributed by atoms with E-state index in [1.54, 1.807) is 26.0 Å². The summed E-state index contributed by atoms with van der Waals surface area (Å²) in [5.41, 5.74) is 0.197. The maximum atomic E-state index is 13.1. The van der Waals surface area contributed by atoms with Crippen molar-refractivity contribution >= 4 is 23.8 Å². The fourth-order valence-electron chi connectivity index (χ4n) is 1.46. The zero-order valence-corrected chi connectivity index (χ0v) is 13.6. The fraction of sp³-hybridized carbons (Fsp3) is 0.500. The van der Waals surface area contributed by atoms with Crippen molar-refractivity contribution in [2.45, 2.75) is 26.4 Å². The Hall–Kier alpha value is -0.330. The van der Waals surface area contributed by atoms with Gasteiger partial charge in [-0.1, -0.05) is 28.1 Å². The minimum absolute atomic E-state index is 0.0353. The summed E-state index contributed by atoms with van der Waals surface area (Å²) >= 11 is 3.21. The Morgan fingerprint density at radius 3 is 2.05 bits per heavy atom. The van der Waals surface area contributed by atoms with E-state index < -0.39 is 20.4 Å². The van der Waals surface area contributed by atoms with Crippen LogP contribution < -0.4 is 0 Å². The summed E-state index contributed by atoms with van der Waals surface area (Å²) in [6.45, 7) is 3.22. The zero-order chi connectivity index (χ0) is 15.2. The highest BCUT2D eigenvalue weighted by Crippen LogP contribution is 2.54. The summed E-state index contributed by atoms with van der Waals surface area (Å²) in [6.07, 6.45) is -4.53. The van der Waals surface area contributed by atoms with Gasteiger partial charge in [0.25, 0.3) is 6.43 Å². The van der Waals surface area contributed by atoms with Crippen molar-refractivity contribution in [2.24, 2.45) is 0 Å². The van der Waals surface area contributed by atoms with E-state index in [9.17, 15) is 13.3 Å². The fourth-order valence-corrected chi connectivity index (χ4v) is 3.04. The molecule has 1 aromatic carbocycles. The van der Waals surface area contributed by atoms with E-state index in [0.717, 1.165) is 4.47 Å². The molecule has 0 fully saturated rings. The predicted molar refractivity (Wildman–Crippen MR) is 74.8 cm³/mol. The third-order valence-electron chi connectivity index (χ3n) is 2.24. The molecule has 1 rings (SSSR count). The highest BCUT2D eigenvalue weighted by Gasteiger charge is 2.35. The maximum absolute atomic E-state index is 13.1. The van der Waals surface area contributed by atoms with Crippen molar-refractivity contribution in [1.82, 2.24) is 0 Å². The van der Waals surface area contributed by atoms with Crippen molar-refractivity contribution in [2.75, 3.05) is 13.2 Å². The molecule has 0 bridgehead atoms. The third kappa shape index (κ3) is 5.22. The summed E-state index contributed by atoms with van der Waals surface area (Å²) in [4.78, 5) is 0. The number of phosphoric ester groups is 1. The van der Waals surface area contributed by atoms with Crippen molar-refractivity contribution in [1.29, 1.82) is 0 Å². The summed E-state index contributed by atoms with van der Waals surface area (Å²) in [5.74, 6) is 0. The van der Waals surface area contributed by atoms with E-state index in [2.05, 4.69) is 15.9 Å². The van der Waals surface area contributed by atoms with Crippen LogP contribution in [-0.2, 0) is 18.1 Å². The Labute approximate surface area is 125 Å². The van der Waals surface area contributed by atoms with E-state index in [1.807, 2.05) is 0 Å². The van der Waals surface area contributed by atoms with Crippen LogP contribution in [0.15, 0.2) is 28.7 Å². The molecule has 0 aromatic heterocycles. The van der Waals surface area contributed by atoms with Crippen LogP contribution in [0, 0.1) is 0 Å². The van der Waals surface area contributed by atoms with Gasteiger partial charge in [-0.2, -0.15) is 0 Å². The van der Waals surface area contributed by atoms with Crippen LogP contribution in [0.5, 0.6) is 0 Å². The largest absolute Gasteiger partial charge is 0.475 e. The molecule has 0 N–H and O–H groups in total. The molecule has 0 saturated heterocycles. The highest BCUT2D eigenvalue weighted by atomic mass is 79.9. The molecule has 1 atom stereocenters. The lowest BCUT2D eigenvalue weighted by molar-refractivity contribution is -0.0173. The van der Waals surface area contributed by atoms with E-state index in [1.165, 1.54) is 12.1 Å². The van der Waals surface area contributed by atoms with Gasteiger partial charge in [0, 0.05) is 4.47 Å². The molecular weight excluding hydrogens is 357 g/mol. The van der Waals surface area contributed by atoms with Gasteiger partial charge in [0.1, 0.15) is 0 Å². The zero-order valence-electron chi connectivity index (χ0n) is 11.1. The molecule has 114 valence electrons. The lowest BCUT2D eigenvalue weighted by Crippen LogP contribution is -2.14. The summed E-state index contributed by atoms with van der Waals surface area (Å²) < 4.78 is 53.8. The van der Waals surface area contributed by atoms with Crippen LogP contribution in [0.4, 0.5) is 8.78 Å². The number of rotatable bonds is 8. The summed E-state index contributed by atoms with van der Waals surface area (Å²) in [7, 11) is -4.00. The molecule has 0 heterocycles. The number of hydrogen-bond acceptors (Lipinski definition) is 4. The van der Waals surface area contributed by atoms with Crippen LogP contribution in [0.25, 0.3) is 0 Å². The van der Waals surface area contributed by atoms with E-state index in [-0.39, 0.29) is 18.8 Å². The maximum Gasteiger partial charge on any atom is 0.475 e. The first-order valence-corrected chi connectivity index (χ1v) is 8.28. The van der Waals surface area contributed by atoms with Gasteiger partial charge >= 0.3 is 7.82 Å². The lowest BCUT2D eigenvalue weighted by Gasteiger charge is -2.23. The van der Waals surface area contributed by atoms with Crippen LogP contribution in [0.3, 0.4) is 0 Å². The van der Waals surface area contributed by atoms with Crippen molar-refractivity contribution in [3.63, 3.8) is 0 Å². The van der Waals surface area contributed by atoms with E-state index in [4.69, 9.17) is 13.6 Å². The van der Waals surface area contributed by atoms with Gasteiger partial charge in [-0.3, -0.25) is 13.6 Å². The van der Waals surface area contributed by atoms with Gasteiger partial charge in [0.2, 0.25) is 0 Å². The molecule has 0 aliphatic rings. The number of hydrogen-bond donors (Lipinski definition) is 0. The van der Waals surface area contributed by atoms with Gasteiger partial charge < -0.3 is 0 Å². The molecule has 0 unspecified atom stereocenters. The Morgan fingerprint density at radius 1 is 1.15 bits per heavy atom. The van der Waals surface area contributed by atoms with Crippen LogP contribution in [-0.4, -0.2) is 19.6 Å². The average Bonchev–Trinajstić information content (AvgIpc) is 2.37. The second-order valence-corrected chi connectivity index (χ2v) is 6.23. The second-order valence-electron chi connectivity index (χ2n) is 3.69. The Balaban J connectivity index is 2.96. The summed E-state index contributed by atoms with van der Waals surface area (Å²) in [5, 5.41) is 0. The topological polar surface area (TPSA) is 44.8 Å². The van der Waals surface area contributed by atoms with E-state index >= 15 is 0 Å². The molecule has 4 nitrogen and oxygen atoms in total. The summed E-state index contributed by atoms with van der Waals surface area (Å²) in [6, 6.07) is 6.12. The number of benzene rings is 1. The predicted octanol–water partition coefficient (Wildman–Crippen LogP) is 4.95. The first-order valence-electron chi connectivity index (χ1n) is 6.03. The molecule has 0 amide bonds. The number of phosphoric acid groups is 1. The first-order chi connectivity index (χ1) is 9.41. The van der Waals surface area contributed by atoms with E-state index in [0.29, 0.717) is 0 Å². The molecule has 1 aromatic rings. The third-order valence-corrected chi connectivity index (χ3v) is 4.41. The minimum atomic E-state index is -4.00. The first kappa shape index (κ1) is 17.7. The molecule has 0 radical (unpaired) electrons. The molecule has 0 saturated carbocycles. The van der Waals surface area contributed by atoms with Crippen LogP contribution in [0.1, 0.15) is 25.5 Å². The van der Waals surface area contributed by atoms with Crippen molar-refractivity contribution < 1.29 is 26.9 Å². The Morgan fingerprint density at radius 2 is 1.65 bits per heavy atom. The Kier molecular flexibility index (Phi) is 7.26. The molecule has 0 spiro atoms. The molecule has 0 aliphatic carbocycles. The highest BCUT2D eigenvalue weighted by molar-refractivity contribution is 9.10. The van der Waals surface area contributed by atoms with Crippen molar-refractivity contribution in [3.8, 4) is 0 Å². The second kappa shape index (κ2) is 8.20. The van der Waals surface area contributed by atoms with Gasteiger partial charge in [0.05, 0.1) is 13.2 Å². The molecular formula is C12H16BrF2O4P. The van der Waals surface area contributed by atoms with Gasteiger partial charge in [-0.15, -0.1) is 0 Å². The molecule has 20 heavy (non-hydrogen) atoms. The Bertz CT molecular complexity index is 445. The van der Waals surface area contributed by atoms with Crippen LogP contribution in [0.2, 0.25) is 0 Å². The molecule has 8 heteroatoms. The monoisotopic (exact) mass is 372 g/mol. The minimum Gasteiger partial charge on any atom is -0.287 e. The van der Waals surface area contributed by atoms with Gasteiger partial charge in [0.15, 0.2) is 6.10 Å². The quantitative estimate of drug-likeness (QED) is 0.605. The average molecular weight is 373 g/mol. The SMILES string of the molecule is CCOP(=O)(OCC)O[C@@H](c1ccc(Br)cc1)C(F)F. The number of halogens is 3. The van der Waals surface area contributed by atoms with Crippen molar-refractivity contribution in [3.05, 3.63) is 34.3 Å². The number of alkyl halides is 2. The normalized spacial score (nSPS) is 13.7. The van der Waals surface area contributed by atoms with Gasteiger partial charge in [-0.05, 0) is 31.5 Å². The smallest absolute Gasteiger partial charge is 0.287 e. The van der Waals surface area contributed by atoms with Gasteiger partial charge in [-0.25, -0.2) is 13.3 Å². The van der Waals surface area contributed by atoms with Crippen LogP contribution >= 0.6 is 23.8 Å².